The topological polar surface area (TPSA) is 47.3 Å². The minimum Gasteiger partial charge on any atom is -0.328 e. The summed E-state index contributed by atoms with van der Waals surface area (Å²) in [5, 5.41) is 0. The largest absolute Gasteiger partial charge is 0.328 e. The van der Waals surface area contributed by atoms with Crippen LogP contribution in [-0.4, -0.2) is 19.2 Å². The fourth-order valence-corrected chi connectivity index (χ4v) is 1.21. The van der Waals surface area contributed by atoms with E-state index in [1.54, 1.807) is 0 Å². The maximum absolute atomic E-state index is 5.74. The SMILES string of the molecule is CC(N)C1CCCONC1. The number of hydrogen-bond acceptors (Lipinski definition) is 3. The molecule has 3 nitrogen and oxygen atoms in total. The molecule has 0 spiro atoms. The molecule has 2 atom stereocenters. The van der Waals surface area contributed by atoms with Crippen molar-refractivity contribution in [3.8, 4) is 0 Å². The van der Waals surface area contributed by atoms with E-state index < -0.39 is 0 Å². The summed E-state index contributed by atoms with van der Waals surface area (Å²) in [5.74, 6) is 0.586. The van der Waals surface area contributed by atoms with Crippen LogP contribution in [0.3, 0.4) is 0 Å². The maximum Gasteiger partial charge on any atom is 0.0682 e. The maximum atomic E-state index is 5.74. The Morgan fingerprint density at radius 2 is 2.50 bits per heavy atom. The molecule has 0 saturated carbocycles. The van der Waals surface area contributed by atoms with Gasteiger partial charge in [0.25, 0.3) is 0 Å². The Morgan fingerprint density at radius 3 is 3.20 bits per heavy atom. The van der Waals surface area contributed by atoms with Crippen molar-refractivity contribution in [2.24, 2.45) is 11.7 Å². The zero-order valence-electron chi connectivity index (χ0n) is 6.47. The van der Waals surface area contributed by atoms with Crippen molar-refractivity contribution in [2.45, 2.75) is 25.8 Å². The molecule has 1 aliphatic rings. The van der Waals surface area contributed by atoms with Gasteiger partial charge in [-0.05, 0) is 25.7 Å². The second-order valence-corrected chi connectivity index (χ2v) is 2.96. The predicted molar refractivity (Wildman–Crippen MR) is 40.3 cm³/mol. The van der Waals surface area contributed by atoms with Gasteiger partial charge < -0.3 is 10.6 Å². The van der Waals surface area contributed by atoms with Gasteiger partial charge in [-0.3, -0.25) is 0 Å². The highest BCUT2D eigenvalue weighted by Gasteiger charge is 2.15. The van der Waals surface area contributed by atoms with Crippen LogP contribution < -0.4 is 11.2 Å². The Labute approximate surface area is 61.9 Å². The average Bonchev–Trinajstić information content (AvgIpc) is 2.12. The third-order valence-corrected chi connectivity index (χ3v) is 2.01. The van der Waals surface area contributed by atoms with E-state index in [4.69, 9.17) is 10.6 Å². The van der Waals surface area contributed by atoms with Gasteiger partial charge in [0.15, 0.2) is 0 Å². The quantitative estimate of drug-likeness (QED) is 0.555. The molecule has 0 radical (unpaired) electrons. The van der Waals surface area contributed by atoms with E-state index >= 15 is 0 Å². The highest BCUT2D eigenvalue weighted by Crippen LogP contribution is 2.11. The fourth-order valence-electron chi connectivity index (χ4n) is 1.21. The van der Waals surface area contributed by atoms with E-state index in [0.717, 1.165) is 19.6 Å². The third kappa shape index (κ3) is 2.25. The van der Waals surface area contributed by atoms with E-state index in [2.05, 4.69) is 12.4 Å². The average molecular weight is 144 g/mol. The summed E-state index contributed by atoms with van der Waals surface area (Å²) >= 11 is 0. The van der Waals surface area contributed by atoms with Crippen molar-refractivity contribution in [3.05, 3.63) is 0 Å². The predicted octanol–water partition coefficient (Wildman–Crippen LogP) is 0.265. The minimum absolute atomic E-state index is 0.286. The summed E-state index contributed by atoms with van der Waals surface area (Å²) in [7, 11) is 0. The van der Waals surface area contributed by atoms with Crippen LogP contribution in [0.4, 0.5) is 0 Å². The molecule has 1 heterocycles. The van der Waals surface area contributed by atoms with E-state index in [-0.39, 0.29) is 6.04 Å². The minimum atomic E-state index is 0.286. The molecule has 1 saturated heterocycles. The zero-order chi connectivity index (χ0) is 7.40. The summed E-state index contributed by atoms with van der Waals surface area (Å²) < 4.78 is 0. The van der Waals surface area contributed by atoms with Crippen LogP contribution in [0.5, 0.6) is 0 Å². The van der Waals surface area contributed by atoms with Crippen LogP contribution in [0.2, 0.25) is 0 Å². The van der Waals surface area contributed by atoms with Crippen LogP contribution in [0.25, 0.3) is 0 Å². The number of hydrogen-bond donors (Lipinski definition) is 2. The molecule has 1 rings (SSSR count). The van der Waals surface area contributed by atoms with Gasteiger partial charge in [-0.2, -0.15) is 0 Å². The summed E-state index contributed by atoms with van der Waals surface area (Å²) in [4.78, 5) is 5.07. The van der Waals surface area contributed by atoms with Crippen molar-refractivity contribution >= 4 is 0 Å². The van der Waals surface area contributed by atoms with Crippen LogP contribution in [0.15, 0.2) is 0 Å². The van der Waals surface area contributed by atoms with Crippen LogP contribution in [0.1, 0.15) is 19.8 Å². The molecule has 0 amide bonds. The molecule has 2 unspecified atom stereocenters. The molecule has 0 aromatic heterocycles. The molecular formula is C7H16N2O. The first-order valence-electron chi connectivity index (χ1n) is 3.91. The Balaban J connectivity index is 2.28. The lowest BCUT2D eigenvalue weighted by Gasteiger charge is -2.16. The van der Waals surface area contributed by atoms with E-state index in [0.29, 0.717) is 5.92 Å². The van der Waals surface area contributed by atoms with Gasteiger partial charge in [-0.1, -0.05) is 0 Å². The van der Waals surface area contributed by atoms with Gasteiger partial charge in [0.2, 0.25) is 0 Å². The van der Waals surface area contributed by atoms with Gasteiger partial charge in [0, 0.05) is 12.6 Å². The molecule has 0 aromatic carbocycles. The second kappa shape index (κ2) is 3.91. The lowest BCUT2D eigenvalue weighted by atomic mass is 9.97. The zero-order valence-corrected chi connectivity index (χ0v) is 6.47. The lowest BCUT2D eigenvalue weighted by Crippen LogP contribution is -2.33. The van der Waals surface area contributed by atoms with Crippen molar-refractivity contribution in [3.63, 3.8) is 0 Å². The number of rotatable bonds is 1. The van der Waals surface area contributed by atoms with Gasteiger partial charge in [-0.15, -0.1) is 0 Å². The molecule has 10 heavy (non-hydrogen) atoms. The van der Waals surface area contributed by atoms with E-state index in [9.17, 15) is 0 Å². The lowest BCUT2D eigenvalue weighted by molar-refractivity contribution is 0.0484. The first-order valence-corrected chi connectivity index (χ1v) is 3.91. The highest BCUT2D eigenvalue weighted by atomic mass is 16.6. The monoisotopic (exact) mass is 144 g/mol. The standard InChI is InChI=1S/C7H16N2O/c1-6(8)7-3-2-4-10-9-5-7/h6-7,9H,2-5,8H2,1H3. The summed E-state index contributed by atoms with van der Waals surface area (Å²) in [6.45, 7) is 3.78. The summed E-state index contributed by atoms with van der Waals surface area (Å²) in [6.07, 6.45) is 2.31. The Bertz CT molecular complexity index is 87.6. The van der Waals surface area contributed by atoms with Crippen molar-refractivity contribution in [2.75, 3.05) is 13.2 Å². The highest BCUT2D eigenvalue weighted by molar-refractivity contribution is 4.70. The van der Waals surface area contributed by atoms with E-state index in [1.807, 2.05) is 0 Å². The first kappa shape index (κ1) is 7.98. The molecule has 0 aliphatic carbocycles. The first-order chi connectivity index (χ1) is 4.80. The van der Waals surface area contributed by atoms with Gasteiger partial charge >= 0.3 is 0 Å². The smallest absolute Gasteiger partial charge is 0.0682 e. The molecular weight excluding hydrogens is 128 g/mol. The van der Waals surface area contributed by atoms with Crippen LogP contribution in [0, 0.1) is 5.92 Å². The summed E-state index contributed by atoms with van der Waals surface area (Å²) in [6, 6.07) is 0.286. The normalized spacial score (nSPS) is 31.2. The molecule has 60 valence electrons. The third-order valence-electron chi connectivity index (χ3n) is 2.01. The molecule has 3 N–H and O–H groups in total. The van der Waals surface area contributed by atoms with Crippen LogP contribution >= 0.6 is 0 Å². The Hall–Kier alpha value is -0.120. The van der Waals surface area contributed by atoms with Gasteiger partial charge in [0.05, 0.1) is 6.61 Å². The van der Waals surface area contributed by atoms with Gasteiger partial charge in [0.1, 0.15) is 0 Å². The Kier molecular flexibility index (Phi) is 3.12. The number of nitrogens with two attached hydrogens (primary N) is 1. The molecule has 0 bridgehead atoms. The number of hydroxylamine groups is 1. The van der Waals surface area contributed by atoms with Crippen molar-refractivity contribution in [1.82, 2.24) is 5.48 Å². The molecule has 0 aromatic rings. The van der Waals surface area contributed by atoms with E-state index in [1.165, 1.54) is 6.42 Å². The molecule has 1 aliphatic heterocycles. The summed E-state index contributed by atoms with van der Waals surface area (Å²) in [5.41, 5.74) is 8.64. The van der Waals surface area contributed by atoms with Crippen molar-refractivity contribution < 1.29 is 4.84 Å². The van der Waals surface area contributed by atoms with Crippen LogP contribution in [-0.2, 0) is 4.84 Å². The number of nitrogens with one attached hydrogen (secondary N) is 1. The Morgan fingerprint density at radius 1 is 1.70 bits per heavy atom. The second-order valence-electron chi connectivity index (χ2n) is 2.96. The van der Waals surface area contributed by atoms with Crippen molar-refractivity contribution in [1.29, 1.82) is 0 Å². The molecule has 3 heteroatoms. The fraction of sp³-hybridized carbons (Fsp3) is 1.00. The molecule has 1 fully saturated rings. The van der Waals surface area contributed by atoms with Gasteiger partial charge in [-0.25, -0.2) is 5.48 Å².